The summed E-state index contributed by atoms with van der Waals surface area (Å²) >= 11 is 0. The van der Waals surface area contributed by atoms with Gasteiger partial charge in [-0.25, -0.2) is 9.78 Å². The lowest BCUT2D eigenvalue weighted by molar-refractivity contribution is -0.150. The third kappa shape index (κ3) is 3.71. The summed E-state index contributed by atoms with van der Waals surface area (Å²) in [6.45, 7) is 5.13. The second kappa shape index (κ2) is 5.14. The minimum atomic E-state index is -1.03. The second-order valence-corrected chi connectivity index (χ2v) is 4.83. The van der Waals surface area contributed by atoms with Gasteiger partial charge in [-0.2, -0.15) is 0 Å². The first-order valence-electron chi connectivity index (χ1n) is 5.31. The number of nitrogens with zero attached hydrogens (tertiary/aromatic N) is 1. The van der Waals surface area contributed by atoms with Crippen LogP contribution in [-0.4, -0.2) is 27.3 Å². The largest absolute Gasteiger partial charge is 0.478 e. The maximum Gasteiger partial charge on any atom is 0.345 e. The molecule has 0 aliphatic heterocycles. The highest BCUT2D eigenvalue weighted by molar-refractivity contribution is 5.73. The highest BCUT2D eigenvalue weighted by Crippen LogP contribution is 2.24. The van der Waals surface area contributed by atoms with Crippen LogP contribution in [0.4, 0.5) is 0 Å². The molecule has 17 heavy (non-hydrogen) atoms. The van der Waals surface area contributed by atoms with E-state index in [0.717, 1.165) is 0 Å². The SMILES string of the molecule is CC(C)(C)C(Oc1cccc(CO)n1)C(=O)O. The summed E-state index contributed by atoms with van der Waals surface area (Å²) in [7, 11) is 0. The minimum absolute atomic E-state index is 0.204. The van der Waals surface area contributed by atoms with Crippen LogP contribution in [0.3, 0.4) is 0 Å². The molecule has 0 saturated carbocycles. The highest BCUT2D eigenvalue weighted by Gasteiger charge is 2.33. The quantitative estimate of drug-likeness (QED) is 0.831. The fourth-order valence-corrected chi connectivity index (χ4v) is 1.33. The van der Waals surface area contributed by atoms with Gasteiger partial charge in [-0.05, 0) is 6.07 Å². The van der Waals surface area contributed by atoms with Crippen molar-refractivity contribution in [2.24, 2.45) is 5.41 Å². The molecular weight excluding hydrogens is 222 g/mol. The van der Waals surface area contributed by atoms with Crippen LogP contribution in [0.5, 0.6) is 5.88 Å². The van der Waals surface area contributed by atoms with E-state index in [9.17, 15) is 4.79 Å². The van der Waals surface area contributed by atoms with Crippen molar-refractivity contribution in [3.05, 3.63) is 23.9 Å². The molecule has 94 valence electrons. The van der Waals surface area contributed by atoms with E-state index in [-0.39, 0.29) is 12.5 Å². The standard InChI is InChI=1S/C12H17NO4/c1-12(2,3)10(11(15)16)17-9-6-4-5-8(7-14)13-9/h4-6,10,14H,7H2,1-3H3,(H,15,16). The van der Waals surface area contributed by atoms with Crippen LogP contribution in [0.25, 0.3) is 0 Å². The van der Waals surface area contributed by atoms with Crippen molar-refractivity contribution in [1.82, 2.24) is 4.98 Å². The smallest absolute Gasteiger partial charge is 0.345 e. The Bertz CT molecular complexity index is 398. The Hall–Kier alpha value is -1.62. The molecule has 0 fully saturated rings. The Kier molecular flexibility index (Phi) is 4.07. The van der Waals surface area contributed by atoms with Gasteiger partial charge in [-0.1, -0.05) is 26.8 Å². The highest BCUT2D eigenvalue weighted by atomic mass is 16.5. The van der Waals surface area contributed by atoms with Crippen LogP contribution in [-0.2, 0) is 11.4 Å². The number of hydrogen-bond donors (Lipinski definition) is 2. The van der Waals surface area contributed by atoms with E-state index in [4.69, 9.17) is 14.9 Å². The Morgan fingerprint density at radius 2 is 2.12 bits per heavy atom. The van der Waals surface area contributed by atoms with Crippen LogP contribution < -0.4 is 4.74 Å². The molecule has 1 atom stereocenters. The molecule has 2 N–H and O–H groups in total. The van der Waals surface area contributed by atoms with Gasteiger partial charge in [0.2, 0.25) is 12.0 Å². The van der Waals surface area contributed by atoms with E-state index in [1.807, 2.05) is 0 Å². The van der Waals surface area contributed by atoms with E-state index in [2.05, 4.69) is 4.98 Å². The van der Waals surface area contributed by atoms with Crippen LogP contribution in [0.2, 0.25) is 0 Å². The molecule has 0 aliphatic rings. The summed E-state index contributed by atoms with van der Waals surface area (Å²) in [6, 6.07) is 4.87. The third-order valence-corrected chi connectivity index (χ3v) is 2.19. The number of aliphatic hydroxyl groups is 1. The van der Waals surface area contributed by atoms with Gasteiger partial charge in [-0.15, -0.1) is 0 Å². The van der Waals surface area contributed by atoms with Crippen LogP contribution in [0.15, 0.2) is 18.2 Å². The average molecular weight is 239 g/mol. The molecule has 1 rings (SSSR count). The first kappa shape index (κ1) is 13.4. The van der Waals surface area contributed by atoms with Gasteiger partial charge >= 0.3 is 5.97 Å². The zero-order valence-electron chi connectivity index (χ0n) is 10.2. The van der Waals surface area contributed by atoms with Gasteiger partial charge in [0.05, 0.1) is 12.3 Å². The number of ether oxygens (including phenoxy) is 1. The fraction of sp³-hybridized carbons (Fsp3) is 0.500. The summed E-state index contributed by atoms with van der Waals surface area (Å²) in [5, 5.41) is 18.0. The number of rotatable bonds is 4. The molecule has 0 saturated heterocycles. The van der Waals surface area contributed by atoms with E-state index < -0.39 is 17.5 Å². The molecule has 0 radical (unpaired) electrons. The Balaban J connectivity index is 2.90. The topological polar surface area (TPSA) is 79.7 Å². The fourth-order valence-electron chi connectivity index (χ4n) is 1.33. The monoisotopic (exact) mass is 239 g/mol. The normalized spacial score (nSPS) is 13.2. The Labute approximate surface area is 100 Å². The number of aliphatic hydroxyl groups excluding tert-OH is 1. The molecule has 0 aliphatic carbocycles. The lowest BCUT2D eigenvalue weighted by Crippen LogP contribution is -2.39. The van der Waals surface area contributed by atoms with Crippen molar-refractivity contribution in [3.63, 3.8) is 0 Å². The van der Waals surface area contributed by atoms with E-state index in [1.165, 1.54) is 0 Å². The summed E-state index contributed by atoms with van der Waals surface area (Å²) in [4.78, 5) is 15.1. The molecule has 1 aromatic heterocycles. The molecule has 1 aromatic rings. The maximum atomic E-state index is 11.1. The number of carbonyl (C=O) groups is 1. The van der Waals surface area contributed by atoms with Gasteiger partial charge < -0.3 is 14.9 Å². The molecule has 0 amide bonds. The van der Waals surface area contributed by atoms with E-state index in [1.54, 1.807) is 39.0 Å². The summed E-state index contributed by atoms with van der Waals surface area (Å²) in [5.41, 5.74) is -0.0940. The van der Waals surface area contributed by atoms with Crippen LogP contribution >= 0.6 is 0 Å². The summed E-state index contributed by atoms with van der Waals surface area (Å²) in [6.07, 6.45) is -0.982. The van der Waals surface area contributed by atoms with E-state index >= 15 is 0 Å². The zero-order valence-corrected chi connectivity index (χ0v) is 10.2. The number of carboxylic acid groups (broad SMARTS) is 1. The lowest BCUT2D eigenvalue weighted by atomic mass is 9.89. The predicted molar refractivity (Wildman–Crippen MR) is 61.7 cm³/mol. The van der Waals surface area contributed by atoms with Gasteiger partial charge in [0, 0.05) is 11.5 Å². The van der Waals surface area contributed by atoms with Gasteiger partial charge in [0.1, 0.15) is 0 Å². The summed E-state index contributed by atoms with van der Waals surface area (Å²) in [5.74, 6) is -0.826. The van der Waals surface area contributed by atoms with Crippen molar-refractivity contribution < 1.29 is 19.7 Å². The number of hydrogen-bond acceptors (Lipinski definition) is 4. The molecule has 0 bridgehead atoms. The van der Waals surface area contributed by atoms with Gasteiger partial charge in [-0.3, -0.25) is 0 Å². The molecule has 0 aromatic carbocycles. The molecule has 1 heterocycles. The lowest BCUT2D eigenvalue weighted by Gasteiger charge is -2.27. The molecule has 5 heteroatoms. The Morgan fingerprint density at radius 1 is 1.47 bits per heavy atom. The average Bonchev–Trinajstić information content (AvgIpc) is 2.24. The number of aliphatic carboxylic acids is 1. The minimum Gasteiger partial charge on any atom is -0.478 e. The van der Waals surface area contributed by atoms with E-state index in [0.29, 0.717) is 5.69 Å². The molecular formula is C12H17NO4. The van der Waals surface area contributed by atoms with Crippen molar-refractivity contribution >= 4 is 5.97 Å². The predicted octanol–water partition coefficient (Wildman–Crippen LogP) is 1.45. The van der Waals surface area contributed by atoms with Gasteiger partial charge in [0.15, 0.2) is 0 Å². The first-order valence-corrected chi connectivity index (χ1v) is 5.31. The van der Waals surface area contributed by atoms with Crippen LogP contribution in [0.1, 0.15) is 26.5 Å². The van der Waals surface area contributed by atoms with Crippen molar-refractivity contribution in [1.29, 1.82) is 0 Å². The maximum absolute atomic E-state index is 11.1. The second-order valence-electron chi connectivity index (χ2n) is 4.83. The van der Waals surface area contributed by atoms with Crippen molar-refractivity contribution in [2.75, 3.05) is 0 Å². The molecule has 1 unspecified atom stereocenters. The first-order chi connectivity index (χ1) is 7.84. The molecule has 5 nitrogen and oxygen atoms in total. The van der Waals surface area contributed by atoms with Crippen molar-refractivity contribution in [3.8, 4) is 5.88 Å². The zero-order chi connectivity index (χ0) is 13.1. The van der Waals surface area contributed by atoms with Crippen LogP contribution in [0, 0.1) is 5.41 Å². The number of carboxylic acids is 1. The van der Waals surface area contributed by atoms with Crippen molar-refractivity contribution in [2.45, 2.75) is 33.5 Å². The number of aromatic nitrogens is 1. The third-order valence-electron chi connectivity index (χ3n) is 2.19. The molecule has 0 spiro atoms. The Morgan fingerprint density at radius 3 is 2.59 bits per heavy atom. The van der Waals surface area contributed by atoms with Gasteiger partial charge in [0.25, 0.3) is 0 Å². The number of pyridine rings is 1. The summed E-state index contributed by atoms with van der Waals surface area (Å²) < 4.78 is 5.36.